The lowest BCUT2D eigenvalue weighted by molar-refractivity contribution is -0.151. The van der Waals surface area contributed by atoms with E-state index >= 15 is 0 Å². The van der Waals surface area contributed by atoms with Crippen molar-refractivity contribution in [3.05, 3.63) is 29.0 Å². The van der Waals surface area contributed by atoms with Crippen molar-refractivity contribution >= 4 is 39.1 Å². The van der Waals surface area contributed by atoms with Crippen molar-refractivity contribution in [3.8, 4) is 0 Å². The predicted octanol–water partition coefficient (Wildman–Crippen LogP) is 1.38. The van der Waals surface area contributed by atoms with Crippen LogP contribution in [0.1, 0.15) is 19.3 Å². The summed E-state index contributed by atoms with van der Waals surface area (Å²) in [5.41, 5.74) is 0. The summed E-state index contributed by atoms with van der Waals surface area (Å²) in [4.78, 5) is 36.8. The zero-order chi connectivity index (χ0) is 19.5. The van der Waals surface area contributed by atoms with Crippen molar-refractivity contribution in [3.63, 3.8) is 0 Å². The second-order valence-corrected chi connectivity index (χ2v) is 8.18. The maximum Gasteiger partial charge on any atom is 0.328 e. The lowest BCUT2D eigenvalue weighted by Crippen LogP contribution is -2.42. The Morgan fingerprint density at radius 1 is 1.35 bits per heavy atom. The Morgan fingerprint density at radius 3 is 2.65 bits per heavy atom. The first-order valence-corrected chi connectivity index (χ1v) is 9.75. The van der Waals surface area contributed by atoms with E-state index in [0.29, 0.717) is 19.4 Å². The molecule has 0 spiro atoms. The number of hydrogen-bond donors (Lipinski definition) is 0. The van der Waals surface area contributed by atoms with E-state index in [-0.39, 0.29) is 9.92 Å². The summed E-state index contributed by atoms with van der Waals surface area (Å²) in [5.74, 6) is -3.71. The van der Waals surface area contributed by atoms with Crippen molar-refractivity contribution in [2.24, 2.45) is 0 Å². The van der Waals surface area contributed by atoms with Gasteiger partial charge in [-0.3, -0.25) is 9.59 Å². The molecule has 1 aliphatic heterocycles. The van der Waals surface area contributed by atoms with E-state index in [1.165, 1.54) is 12.0 Å². The van der Waals surface area contributed by atoms with Gasteiger partial charge in [0, 0.05) is 6.54 Å². The van der Waals surface area contributed by atoms with Crippen molar-refractivity contribution in [2.45, 2.75) is 30.2 Å². The van der Waals surface area contributed by atoms with Crippen LogP contribution in [0.3, 0.4) is 0 Å². The molecule has 10 heteroatoms. The average molecular weight is 406 g/mol. The molecule has 1 heterocycles. The molecule has 1 aromatic carbocycles. The monoisotopic (exact) mass is 405 g/mol. The number of sulfone groups is 1. The Labute approximate surface area is 155 Å². The smallest absolute Gasteiger partial charge is 0.328 e. The van der Waals surface area contributed by atoms with Crippen LogP contribution >= 0.6 is 11.6 Å². The maximum atomic E-state index is 13.0. The highest BCUT2D eigenvalue weighted by molar-refractivity contribution is 7.92. The number of benzene rings is 1. The van der Waals surface area contributed by atoms with Gasteiger partial charge in [0.05, 0.1) is 23.4 Å². The number of esters is 1. The minimum absolute atomic E-state index is 0.294. The molecule has 1 fully saturated rings. The van der Waals surface area contributed by atoms with Gasteiger partial charge in [-0.15, -0.1) is 0 Å². The molecule has 0 aromatic heterocycles. The van der Waals surface area contributed by atoms with Gasteiger partial charge in [0.15, 0.2) is 15.6 Å². The van der Waals surface area contributed by atoms with E-state index in [1.54, 1.807) is 0 Å². The highest BCUT2D eigenvalue weighted by atomic mass is 35.5. The van der Waals surface area contributed by atoms with Crippen LogP contribution in [-0.2, 0) is 29.0 Å². The predicted molar refractivity (Wildman–Crippen MR) is 89.8 cm³/mol. The maximum absolute atomic E-state index is 13.0. The number of hydrogen-bond acceptors (Lipinski definition) is 6. The largest absolute Gasteiger partial charge is 0.467 e. The van der Waals surface area contributed by atoms with Gasteiger partial charge in [-0.05, 0) is 31.0 Å². The summed E-state index contributed by atoms with van der Waals surface area (Å²) < 4.78 is 42.2. The number of Topliss-reactive ketones (excluding diaryl/α,β-unsaturated/α-hetero) is 1. The lowest BCUT2D eigenvalue weighted by Gasteiger charge is -2.22. The molecule has 142 valence electrons. The molecule has 1 amide bonds. The van der Waals surface area contributed by atoms with Gasteiger partial charge < -0.3 is 9.64 Å². The van der Waals surface area contributed by atoms with Gasteiger partial charge in [-0.1, -0.05) is 11.6 Å². The molecule has 0 aliphatic carbocycles. The van der Waals surface area contributed by atoms with Crippen LogP contribution in [0.5, 0.6) is 0 Å². The summed E-state index contributed by atoms with van der Waals surface area (Å²) in [7, 11) is -2.92. The van der Waals surface area contributed by atoms with Crippen LogP contribution in [0.15, 0.2) is 23.1 Å². The molecule has 1 atom stereocenters. The third-order valence-corrected chi connectivity index (χ3v) is 6.13. The topological polar surface area (TPSA) is 97.8 Å². The number of ether oxygens (including phenoxy) is 1. The standard InChI is InChI=1S/C16H17ClFNO6S/c1-25-16(22)13-3-2-6-19(13)15(21)8-11(20)9-26(23,24)14-5-4-10(18)7-12(14)17/h4-5,7,13H,2-3,6,8-9H2,1H3. The highest BCUT2D eigenvalue weighted by Crippen LogP contribution is 2.24. The summed E-state index contributed by atoms with van der Waals surface area (Å²) >= 11 is 5.72. The summed E-state index contributed by atoms with van der Waals surface area (Å²) in [6.45, 7) is 0.294. The van der Waals surface area contributed by atoms with Gasteiger partial charge in [-0.2, -0.15) is 0 Å². The number of ketones is 1. The molecular weight excluding hydrogens is 389 g/mol. The third-order valence-electron chi connectivity index (χ3n) is 3.97. The van der Waals surface area contributed by atoms with E-state index in [9.17, 15) is 27.2 Å². The molecule has 0 radical (unpaired) electrons. The number of carbonyl (C=O) groups excluding carboxylic acids is 3. The second kappa shape index (κ2) is 8.13. The molecule has 1 saturated heterocycles. The van der Waals surface area contributed by atoms with Gasteiger partial charge in [0.25, 0.3) is 0 Å². The first-order valence-electron chi connectivity index (χ1n) is 7.72. The Balaban J connectivity index is 2.05. The minimum Gasteiger partial charge on any atom is -0.467 e. The zero-order valence-electron chi connectivity index (χ0n) is 13.9. The molecule has 0 N–H and O–H groups in total. The first kappa shape index (κ1) is 20.3. The molecule has 7 nitrogen and oxygen atoms in total. The minimum atomic E-state index is -4.12. The average Bonchev–Trinajstić information content (AvgIpc) is 3.02. The van der Waals surface area contributed by atoms with Crippen molar-refractivity contribution in [2.75, 3.05) is 19.4 Å². The number of methoxy groups -OCH3 is 1. The molecule has 2 rings (SSSR count). The van der Waals surface area contributed by atoms with E-state index in [2.05, 4.69) is 4.74 Å². The quantitative estimate of drug-likeness (QED) is 0.403. The van der Waals surface area contributed by atoms with Crippen LogP contribution < -0.4 is 0 Å². The number of rotatable bonds is 6. The normalized spacial score (nSPS) is 17.2. The van der Waals surface area contributed by atoms with E-state index in [4.69, 9.17) is 11.6 Å². The van der Waals surface area contributed by atoms with Crippen LogP contribution in [0.2, 0.25) is 5.02 Å². The Hall–Kier alpha value is -2.00. The summed E-state index contributed by atoms with van der Waals surface area (Å²) in [6, 6.07) is 1.95. The van der Waals surface area contributed by atoms with Gasteiger partial charge in [0.1, 0.15) is 17.6 Å². The van der Waals surface area contributed by atoms with Gasteiger partial charge in [-0.25, -0.2) is 17.6 Å². The number of likely N-dealkylation sites (tertiary alicyclic amines) is 1. The fraction of sp³-hybridized carbons (Fsp3) is 0.438. The number of halogens is 2. The highest BCUT2D eigenvalue weighted by Gasteiger charge is 2.36. The molecule has 1 aromatic rings. The van der Waals surface area contributed by atoms with E-state index in [0.717, 1.165) is 18.2 Å². The molecule has 0 bridgehead atoms. The van der Waals surface area contributed by atoms with Crippen molar-refractivity contribution in [1.29, 1.82) is 0 Å². The fourth-order valence-corrected chi connectivity index (χ4v) is 4.62. The van der Waals surface area contributed by atoms with E-state index in [1.807, 2.05) is 0 Å². The van der Waals surface area contributed by atoms with Gasteiger partial charge in [0.2, 0.25) is 5.91 Å². The summed E-state index contributed by atoms with van der Waals surface area (Å²) in [6.07, 6.45) is 0.352. The number of amides is 1. The Bertz CT molecular complexity index is 841. The zero-order valence-corrected chi connectivity index (χ0v) is 15.5. The molecule has 0 saturated carbocycles. The summed E-state index contributed by atoms with van der Waals surface area (Å²) in [5, 5.41) is -0.338. The number of nitrogens with zero attached hydrogens (tertiary/aromatic N) is 1. The van der Waals surface area contributed by atoms with Crippen LogP contribution in [0, 0.1) is 5.82 Å². The lowest BCUT2D eigenvalue weighted by atomic mass is 10.2. The van der Waals surface area contributed by atoms with Gasteiger partial charge >= 0.3 is 5.97 Å². The number of carbonyl (C=O) groups is 3. The second-order valence-electron chi connectivity index (χ2n) is 5.82. The van der Waals surface area contributed by atoms with Crippen molar-refractivity contribution < 1.29 is 31.9 Å². The third kappa shape index (κ3) is 4.59. The molecule has 1 aliphatic rings. The van der Waals surface area contributed by atoms with E-state index < -0.39 is 51.5 Å². The fourth-order valence-electron chi connectivity index (χ4n) is 2.78. The van der Waals surface area contributed by atoms with Crippen LogP contribution in [0.25, 0.3) is 0 Å². The Kier molecular flexibility index (Phi) is 6.35. The van der Waals surface area contributed by atoms with Crippen molar-refractivity contribution in [1.82, 2.24) is 4.90 Å². The molecule has 26 heavy (non-hydrogen) atoms. The van der Waals surface area contributed by atoms with Crippen LogP contribution in [0.4, 0.5) is 4.39 Å². The SMILES string of the molecule is COC(=O)C1CCCN1C(=O)CC(=O)CS(=O)(=O)c1ccc(F)cc1Cl. The molecular formula is C16H17ClFNO6S. The Morgan fingerprint density at radius 2 is 2.04 bits per heavy atom. The molecule has 1 unspecified atom stereocenters. The first-order chi connectivity index (χ1) is 12.2. The van der Waals surface area contributed by atoms with Crippen LogP contribution in [-0.4, -0.2) is 56.4 Å².